The fraction of sp³-hybridized carbons (Fsp3) is 0.484. The van der Waals surface area contributed by atoms with Crippen LogP contribution in [0.5, 0.6) is 0 Å². The van der Waals surface area contributed by atoms with Gasteiger partial charge < -0.3 is 10.4 Å². The molecule has 178 valence electrons. The van der Waals surface area contributed by atoms with Crippen molar-refractivity contribution in [3.05, 3.63) is 88.8 Å². The zero-order valence-corrected chi connectivity index (χ0v) is 21.1. The minimum absolute atomic E-state index is 0.432. The maximum atomic E-state index is 9.17. The van der Waals surface area contributed by atoms with Gasteiger partial charge in [-0.25, -0.2) is 0 Å². The molecule has 2 fully saturated rings. The summed E-state index contributed by atoms with van der Waals surface area (Å²) in [7, 11) is 0. The second-order valence-electron chi connectivity index (χ2n) is 9.76. The predicted molar refractivity (Wildman–Crippen MR) is 143 cm³/mol. The second-order valence-corrected chi connectivity index (χ2v) is 9.76. The fourth-order valence-corrected chi connectivity index (χ4v) is 4.81. The number of nitrogens with one attached hydrogen (secondary N) is 1. The van der Waals surface area contributed by atoms with Crippen LogP contribution in [0.15, 0.2) is 72.1 Å². The molecule has 0 bridgehead atoms. The van der Waals surface area contributed by atoms with E-state index in [4.69, 9.17) is 5.11 Å². The predicted octanol–water partition coefficient (Wildman–Crippen LogP) is 8.16. The van der Waals surface area contributed by atoms with Crippen LogP contribution in [0, 0.1) is 12.8 Å². The molecule has 2 unspecified atom stereocenters. The fourth-order valence-electron chi connectivity index (χ4n) is 4.81. The lowest BCUT2D eigenvalue weighted by atomic mass is 9.91. The highest BCUT2D eigenvalue weighted by Crippen LogP contribution is 2.33. The van der Waals surface area contributed by atoms with Crippen LogP contribution in [0.2, 0.25) is 0 Å². The average molecular weight is 446 g/mol. The number of hydrogen-bond donors (Lipinski definition) is 2. The van der Waals surface area contributed by atoms with E-state index < -0.39 is 0 Å². The average Bonchev–Trinajstić information content (AvgIpc) is 3.17. The first-order valence-corrected chi connectivity index (χ1v) is 13.0. The van der Waals surface area contributed by atoms with Crippen molar-refractivity contribution in [2.75, 3.05) is 0 Å². The lowest BCUT2D eigenvalue weighted by molar-refractivity contribution is 0.318. The maximum Gasteiger partial charge on any atom is 0.0791 e. The Morgan fingerprint density at radius 2 is 2.06 bits per heavy atom. The van der Waals surface area contributed by atoms with Crippen LogP contribution in [0.3, 0.4) is 0 Å². The standard InChI is InChI=1S/C31H43NO/c1-5-23(3)15-17-26(6-2)29-19-16-25(22-24(29)4)10-7-11-27-18-20-31(30(27)14-9-21-33)32-28-12-8-13-28/h6,9,11,14-17,19,21-23,28,31-33H,5,7-8,10,12-13,18,20H2,1-4H3/b17-15-,21-9+,26-6+,27-11-,30-14+. The summed E-state index contributed by atoms with van der Waals surface area (Å²) < 4.78 is 0. The van der Waals surface area contributed by atoms with Gasteiger partial charge in [-0.2, -0.15) is 0 Å². The molecule has 2 saturated carbocycles. The second kappa shape index (κ2) is 12.8. The molecule has 2 aliphatic rings. The quantitative estimate of drug-likeness (QED) is 0.281. The number of rotatable bonds is 10. The lowest BCUT2D eigenvalue weighted by Gasteiger charge is -2.30. The molecule has 0 heterocycles. The number of hydrogen-bond acceptors (Lipinski definition) is 2. The number of aryl methyl sites for hydroxylation is 2. The third-order valence-electron chi connectivity index (χ3n) is 7.34. The highest BCUT2D eigenvalue weighted by molar-refractivity contribution is 5.75. The summed E-state index contributed by atoms with van der Waals surface area (Å²) in [6, 6.07) is 8.05. The minimum Gasteiger partial charge on any atom is -0.516 e. The smallest absolute Gasteiger partial charge is 0.0791 e. The molecule has 0 amide bonds. The van der Waals surface area contributed by atoms with Gasteiger partial charge >= 0.3 is 0 Å². The molecule has 2 nitrogen and oxygen atoms in total. The monoisotopic (exact) mass is 445 g/mol. The molecule has 0 saturated heterocycles. The van der Waals surface area contributed by atoms with E-state index in [2.05, 4.69) is 81.6 Å². The molecular formula is C31H43NO. The van der Waals surface area contributed by atoms with Gasteiger partial charge in [0.2, 0.25) is 0 Å². The van der Waals surface area contributed by atoms with Gasteiger partial charge in [0.25, 0.3) is 0 Å². The summed E-state index contributed by atoms with van der Waals surface area (Å²) in [5, 5.41) is 13.0. The first kappa shape index (κ1) is 25.3. The number of benzene rings is 1. The molecule has 2 N–H and O–H groups in total. The first-order chi connectivity index (χ1) is 16.0. The molecule has 3 rings (SSSR count). The van der Waals surface area contributed by atoms with Crippen molar-refractivity contribution >= 4 is 5.57 Å². The van der Waals surface area contributed by atoms with E-state index in [0.717, 1.165) is 31.9 Å². The zero-order valence-electron chi connectivity index (χ0n) is 21.1. The van der Waals surface area contributed by atoms with Crippen LogP contribution >= 0.6 is 0 Å². The first-order valence-electron chi connectivity index (χ1n) is 13.0. The van der Waals surface area contributed by atoms with E-state index in [1.165, 1.54) is 59.1 Å². The van der Waals surface area contributed by atoms with E-state index in [1.807, 2.05) is 0 Å². The van der Waals surface area contributed by atoms with E-state index >= 15 is 0 Å². The minimum atomic E-state index is 0.432. The third-order valence-corrected chi connectivity index (χ3v) is 7.34. The van der Waals surface area contributed by atoms with Crippen molar-refractivity contribution in [1.82, 2.24) is 5.32 Å². The Balaban J connectivity index is 1.64. The largest absolute Gasteiger partial charge is 0.516 e. The molecule has 1 aromatic rings. The molecule has 0 aromatic heterocycles. The highest BCUT2D eigenvalue weighted by atomic mass is 16.2. The molecule has 2 atom stereocenters. The summed E-state index contributed by atoms with van der Waals surface area (Å²) in [5.74, 6) is 0.610. The van der Waals surface area contributed by atoms with E-state index in [-0.39, 0.29) is 0 Å². The molecule has 2 heteroatoms. The van der Waals surface area contributed by atoms with E-state index in [1.54, 1.807) is 6.08 Å². The normalized spacial score (nSPS) is 23.3. The van der Waals surface area contributed by atoms with Crippen molar-refractivity contribution in [3.8, 4) is 0 Å². The van der Waals surface area contributed by atoms with Crippen LogP contribution in [0.4, 0.5) is 0 Å². The third kappa shape index (κ3) is 7.08. The Morgan fingerprint density at radius 1 is 1.24 bits per heavy atom. The summed E-state index contributed by atoms with van der Waals surface area (Å²) >= 11 is 0. The number of allylic oxidation sites excluding steroid dienone is 7. The van der Waals surface area contributed by atoms with Crippen molar-refractivity contribution in [2.24, 2.45) is 5.92 Å². The summed E-state index contributed by atoms with van der Waals surface area (Å²) in [4.78, 5) is 0. The van der Waals surface area contributed by atoms with Crippen LogP contribution in [-0.4, -0.2) is 17.2 Å². The van der Waals surface area contributed by atoms with Gasteiger partial charge in [-0.1, -0.05) is 75.3 Å². The summed E-state index contributed by atoms with van der Waals surface area (Å²) in [6.45, 7) is 8.86. The topological polar surface area (TPSA) is 32.3 Å². The van der Waals surface area contributed by atoms with Crippen LogP contribution in [0.25, 0.3) is 5.57 Å². The van der Waals surface area contributed by atoms with Gasteiger partial charge in [0.1, 0.15) is 0 Å². The number of aliphatic hydroxyl groups is 1. The van der Waals surface area contributed by atoms with Crippen LogP contribution < -0.4 is 5.32 Å². The molecule has 0 spiro atoms. The van der Waals surface area contributed by atoms with Gasteiger partial charge in [-0.05, 0) is 97.8 Å². The Hall–Kier alpha value is -2.32. The van der Waals surface area contributed by atoms with Gasteiger partial charge in [0.05, 0.1) is 6.26 Å². The Bertz CT molecular complexity index is 926. The molecule has 2 aliphatic carbocycles. The van der Waals surface area contributed by atoms with Gasteiger partial charge in [-0.15, -0.1) is 0 Å². The molecule has 0 radical (unpaired) electrons. The van der Waals surface area contributed by atoms with Gasteiger partial charge in [0, 0.05) is 12.1 Å². The number of aliphatic hydroxyl groups excluding tert-OH is 1. The highest BCUT2D eigenvalue weighted by Gasteiger charge is 2.28. The molecular weight excluding hydrogens is 402 g/mol. The van der Waals surface area contributed by atoms with Crippen molar-refractivity contribution in [3.63, 3.8) is 0 Å². The van der Waals surface area contributed by atoms with Crippen LogP contribution in [-0.2, 0) is 6.42 Å². The Morgan fingerprint density at radius 3 is 2.70 bits per heavy atom. The van der Waals surface area contributed by atoms with Gasteiger partial charge in [-0.3, -0.25) is 0 Å². The molecule has 33 heavy (non-hydrogen) atoms. The Kier molecular flexibility index (Phi) is 9.81. The van der Waals surface area contributed by atoms with Crippen LogP contribution in [0.1, 0.15) is 82.4 Å². The van der Waals surface area contributed by atoms with Gasteiger partial charge in [0.15, 0.2) is 0 Å². The zero-order chi connectivity index (χ0) is 23.6. The summed E-state index contributed by atoms with van der Waals surface area (Å²) in [6.07, 6.45) is 23.8. The van der Waals surface area contributed by atoms with Crippen molar-refractivity contribution < 1.29 is 5.11 Å². The van der Waals surface area contributed by atoms with E-state index in [0.29, 0.717) is 18.0 Å². The van der Waals surface area contributed by atoms with E-state index in [9.17, 15) is 0 Å². The maximum absolute atomic E-state index is 9.17. The lowest BCUT2D eigenvalue weighted by Crippen LogP contribution is -2.41. The molecule has 1 aromatic carbocycles. The summed E-state index contributed by atoms with van der Waals surface area (Å²) in [5.41, 5.74) is 8.21. The molecule has 0 aliphatic heterocycles. The van der Waals surface area contributed by atoms with Crippen molar-refractivity contribution in [2.45, 2.75) is 91.1 Å². The SMILES string of the molecule is C/C=C(\C=C/C(C)CC)c1ccc(CC/C=C2/CCC(NC3CCC3)/C2=C/C=C/O)cc1C. The Labute approximate surface area is 201 Å². The van der Waals surface area contributed by atoms with Crippen molar-refractivity contribution in [1.29, 1.82) is 0 Å².